The van der Waals surface area contributed by atoms with Crippen LogP contribution in [0.5, 0.6) is 17.2 Å². The average molecular weight is 493 g/mol. The summed E-state index contributed by atoms with van der Waals surface area (Å²) in [4.78, 5) is 29.2. The first kappa shape index (κ1) is 25.2. The number of nitrogens with one attached hydrogen (secondary N) is 1. The summed E-state index contributed by atoms with van der Waals surface area (Å²) >= 11 is 0. The van der Waals surface area contributed by atoms with Crippen LogP contribution >= 0.6 is 0 Å². The number of carbonyl (C=O) groups is 2. The van der Waals surface area contributed by atoms with Crippen molar-refractivity contribution in [1.29, 1.82) is 0 Å². The lowest BCUT2D eigenvalue weighted by molar-refractivity contribution is -0.126. The Labute approximate surface area is 211 Å². The van der Waals surface area contributed by atoms with Gasteiger partial charge < -0.3 is 28.8 Å². The quantitative estimate of drug-likeness (QED) is 0.439. The highest BCUT2D eigenvalue weighted by Crippen LogP contribution is 2.35. The van der Waals surface area contributed by atoms with E-state index in [1.807, 2.05) is 24.3 Å². The van der Waals surface area contributed by atoms with Gasteiger partial charge in [-0.2, -0.15) is 0 Å². The summed E-state index contributed by atoms with van der Waals surface area (Å²) < 4.78 is 21.9. The van der Waals surface area contributed by atoms with Crippen LogP contribution in [0.15, 0.2) is 65.3 Å². The van der Waals surface area contributed by atoms with Crippen molar-refractivity contribution in [2.45, 2.75) is 44.3 Å². The van der Waals surface area contributed by atoms with Crippen LogP contribution < -0.4 is 19.5 Å². The topological polar surface area (TPSA) is 90.2 Å². The Hall–Kier alpha value is -3.94. The van der Waals surface area contributed by atoms with Crippen molar-refractivity contribution >= 4 is 11.8 Å². The zero-order chi connectivity index (χ0) is 25.5. The second-order valence-electron chi connectivity index (χ2n) is 8.73. The molecule has 0 aliphatic heterocycles. The number of rotatable bonds is 10. The Morgan fingerprint density at radius 1 is 0.944 bits per heavy atom. The van der Waals surface area contributed by atoms with E-state index in [0.29, 0.717) is 22.8 Å². The standard InChI is InChI=1S/C28H32N2O6/c1-33-22-12-7-4-9-20(22)18-30(28(32)24-13-8-16-36-24)26(27(31)29-21-10-5-6-11-21)19-14-15-23(34-2)25(17-19)35-3/h4,7-9,12-17,21,26H,5-6,10-11,18H2,1-3H3,(H,29,31). The molecule has 4 rings (SSSR count). The smallest absolute Gasteiger partial charge is 0.290 e. The van der Waals surface area contributed by atoms with Crippen molar-refractivity contribution in [1.82, 2.24) is 10.2 Å². The molecule has 1 fully saturated rings. The lowest BCUT2D eigenvalue weighted by Crippen LogP contribution is -2.45. The number of hydrogen-bond donors (Lipinski definition) is 1. The van der Waals surface area contributed by atoms with Crippen LogP contribution in [-0.2, 0) is 11.3 Å². The molecule has 0 spiro atoms. The number of para-hydroxylation sites is 1. The number of amides is 2. The SMILES string of the molecule is COc1ccccc1CN(C(=O)c1ccco1)C(C(=O)NC1CCCC1)c1ccc(OC)c(OC)c1. The zero-order valence-corrected chi connectivity index (χ0v) is 20.9. The molecular formula is C28H32N2O6. The van der Waals surface area contributed by atoms with Gasteiger partial charge in [0, 0.05) is 11.6 Å². The van der Waals surface area contributed by atoms with E-state index in [1.54, 1.807) is 44.6 Å². The second-order valence-corrected chi connectivity index (χ2v) is 8.73. The first-order valence-corrected chi connectivity index (χ1v) is 12.0. The summed E-state index contributed by atoms with van der Waals surface area (Å²) in [6, 6.07) is 15.1. The van der Waals surface area contributed by atoms with Crippen LogP contribution in [-0.4, -0.2) is 44.1 Å². The van der Waals surface area contributed by atoms with Gasteiger partial charge in [-0.1, -0.05) is 37.1 Å². The molecule has 0 bridgehead atoms. The van der Waals surface area contributed by atoms with Crippen LogP contribution in [0.1, 0.15) is 53.4 Å². The van der Waals surface area contributed by atoms with Gasteiger partial charge in [-0.05, 0) is 48.7 Å². The normalized spacial score (nSPS) is 14.2. The number of furan rings is 1. The van der Waals surface area contributed by atoms with E-state index < -0.39 is 11.9 Å². The first-order chi connectivity index (χ1) is 17.5. The van der Waals surface area contributed by atoms with Gasteiger partial charge in [-0.25, -0.2) is 0 Å². The molecule has 36 heavy (non-hydrogen) atoms. The van der Waals surface area contributed by atoms with Crippen LogP contribution in [0.3, 0.4) is 0 Å². The van der Waals surface area contributed by atoms with Gasteiger partial charge in [0.15, 0.2) is 17.3 Å². The predicted molar refractivity (Wildman–Crippen MR) is 134 cm³/mol. The molecule has 1 N–H and O–H groups in total. The molecule has 1 atom stereocenters. The van der Waals surface area contributed by atoms with Crippen LogP contribution in [0.25, 0.3) is 0 Å². The molecule has 3 aromatic rings. The summed E-state index contributed by atoms with van der Waals surface area (Å²) in [6.45, 7) is 0.126. The maximum Gasteiger partial charge on any atom is 0.290 e. The Morgan fingerprint density at radius 3 is 2.33 bits per heavy atom. The molecule has 1 aliphatic rings. The largest absolute Gasteiger partial charge is 0.496 e. The summed E-state index contributed by atoms with van der Waals surface area (Å²) in [5.41, 5.74) is 1.36. The fraction of sp³-hybridized carbons (Fsp3) is 0.357. The number of methoxy groups -OCH3 is 3. The molecular weight excluding hydrogens is 460 g/mol. The van der Waals surface area contributed by atoms with Crippen molar-refractivity contribution < 1.29 is 28.2 Å². The Bertz CT molecular complexity index is 1170. The third kappa shape index (κ3) is 5.48. The van der Waals surface area contributed by atoms with Gasteiger partial charge in [0.05, 0.1) is 34.1 Å². The molecule has 1 heterocycles. The van der Waals surface area contributed by atoms with Crippen LogP contribution in [0.2, 0.25) is 0 Å². The minimum Gasteiger partial charge on any atom is -0.496 e. The van der Waals surface area contributed by atoms with Crippen molar-refractivity contribution in [3.05, 3.63) is 77.7 Å². The van der Waals surface area contributed by atoms with E-state index >= 15 is 0 Å². The highest BCUT2D eigenvalue weighted by molar-refractivity contribution is 5.96. The third-order valence-corrected chi connectivity index (χ3v) is 6.51. The second kappa shape index (κ2) is 11.7. The van der Waals surface area contributed by atoms with Crippen molar-refractivity contribution in [3.63, 3.8) is 0 Å². The lowest BCUT2D eigenvalue weighted by atomic mass is 10.0. The number of hydrogen-bond acceptors (Lipinski definition) is 6. The van der Waals surface area contributed by atoms with E-state index in [0.717, 1.165) is 31.2 Å². The first-order valence-electron chi connectivity index (χ1n) is 12.0. The molecule has 2 aromatic carbocycles. The third-order valence-electron chi connectivity index (χ3n) is 6.51. The van der Waals surface area contributed by atoms with Gasteiger partial charge in [0.25, 0.3) is 5.91 Å². The van der Waals surface area contributed by atoms with E-state index in [4.69, 9.17) is 18.6 Å². The maximum absolute atomic E-state index is 13.9. The summed E-state index contributed by atoms with van der Waals surface area (Å²) in [6.07, 6.45) is 5.43. The number of carbonyl (C=O) groups excluding carboxylic acids is 2. The summed E-state index contributed by atoms with van der Waals surface area (Å²) in [7, 11) is 4.67. The van der Waals surface area contributed by atoms with Gasteiger partial charge in [-0.3, -0.25) is 9.59 Å². The Kier molecular flexibility index (Phi) is 8.15. The Morgan fingerprint density at radius 2 is 1.67 bits per heavy atom. The van der Waals surface area contributed by atoms with Crippen molar-refractivity contribution in [3.8, 4) is 17.2 Å². The molecule has 1 unspecified atom stereocenters. The minimum atomic E-state index is -0.951. The number of ether oxygens (including phenoxy) is 3. The van der Waals surface area contributed by atoms with Crippen molar-refractivity contribution in [2.75, 3.05) is 21.3 Å². The van der Waals surface area contributed by atoms with Gasteiger partial charge in [-0.15, -0.1) is 0 Å². The minimum absolute atomic E-state index is 0.0759. The molecule has 190 valence electrons. The number of nitrogens with zero attached hydrogens (tertiary/aromatic N) is 1. The molecule has 1 saturated carbocycles. The highest BCUT2D eigenvalue weighted by Gasteiger charge is 2.35. The van der Waals surface area contributed by atoms with Crippen molar-refractivity contribution in [2.24, 2.45) is 0 Å². The molecule has 8 nitrogen and oxygen atoms in total. The molecule has 2 amide bonds. The van der Waals surface area contributed by atoms with Gasteiger partial charge >= 0.3 is 0 Å². The monoisotopic (exact) mass is 492 g/mol. The highest BCUT2D eigenvalue weighted by atomic mass is 16.5. The summed E-state index contributed by atoms with van der Waals surface area (Å²) in [5, 5.41) is 3.17. The predicted octanol–water partition coefficient (Wildman–Crippen LogP) is 4.75. The molecule has 0 radical (unpaired) electrons. The molecule has 1 aliphatic carbocycles. The van der Waals surface area contributed by atoms with E-state index in [9.17, 15) is 9.59 Å². The number of benzene rings is 2. The van der Waals surface area contributed by atoms with E-state index in [-0.39, 0.29) is 24.3 Å². The van der Waals surface area contributed by atoms with Crippen LogP contribution in [0, 0.1) is 0 Å². The average Bonchev–Trinajstić information content (AvgIpc) is 3.63. The summed E-state index contributed by atoms with van der Waals surface area (Å²) in [5.74, 6) is 1.10. The van der Waals surface area contributed by atoms with Gasteiger partial charge in [0.2, 0.25) is 5.91 Å². The Balaban J connectivity index is 1.81. The maximum atomic E-state index is 13.9. The fourth-order valence-corrected chi connectivity index (χ4v) is 4.69. The van der Waals surface area contributed by atoms with Gasteiger partial charge in [0.1, 0.15) is 11.8 Å². The molecule has 0 saturated heterocycles. The lowest BCUT2D eigenvalue weighted by Gasteiger charge is -2.32. The van der Waals surface area contributed by atoms with E-state index in [2.05, 4.69) is 5.32 Å². The zero-order valence-electron chi connectivity index (χ0n) is 20.9. The van der Waals surface area contributed by atoms with Crippen LogP contribution in [0.4, 0.5) is 0 Å². The molecule has 1 aromatic heterocycles. The fourth-order valence-electron chi connectivity index (χ4n) is 4.69. The molecule has 8 heteroatoms. The van der Waals surface area contributed by atoms with E-state index in [1.165, 1.54) is 18.3 Å².